The predicted octanol–water partition coefficient (Wildman–Crippen LogP) is -6.04. The third kappa shape index (κ3) is 10400. The first-order valence-electron chi connectivity index (χ1n) is 0.928. The molecule has 0 atom stereocenters. The fourth-order valence-corrected chi connectivity index (χ4v) is 0. The second kappa shape index (κ2) is 98.2. The van der Waals surface area contributed by atoms with Crippen molar-refractivity contribution in [1.29, 1.82) is 0 Å². The summed E-state index contributed by atoms with van der Waals surface area (Å²) in [5, 5.41) is 7.42. The Bertz CT molecular complexity index is 35.1. The van der Waals surface area contributed by atoms with E-state index in [0.717, 1.165) is 6.92 Å². The molecule has 8 nitrogen and oxygen atoms in total. The van der Waals surface area contributed by atoms with Gasteiger partial charge >= 0.3 is 0 Å². The second-order valence-corrected chi connectivity index (χ2v) is 0.519. The molecule has 0 radical (unpaired) electrons. The highest BCUT2D eigenvalue weighted by Crippen LogP contribution is 1.42. The third-order valence-electron chi connectivity index (χ3n) is 0. The van der Waals surface area contributed by atoms with Gasteiger partial charge in [-0.15, -0.1) is 0 Å². The molecule has 0 bridgehead atoms. The zero-order valence-corrected chi connectivity index (χ0v) is 5.36. The van der Waals surface area contributed by atoms with Gasteiger partial charge in [0.1, 0.15) is 0 Å². The summed E-state index contributed by atoms with van der Waals surface area (Å²) in [6.07, 6.45) is 0. The molecule has 0 heterocycles. The number of hydrogen-bond donors (Lipinski definition) is 1. The van der Waals surface area contributed by atoms with Crippen molar-refractivity contribution in [2.45, 2.75) is 6.92 Å². The van der Waals surface area contributed by atoms with Crippen LogP contribution in [0.4, 0.5) is 0 Å². The predicted molar refractivity (Wildman–Crippen MR) is 44.9 cm³/mol. The fraction of sp³-hybridized carbons (Fsp3) is 0.500. The molecule has 0 amide bonds. The smallest absolute Gasteiger partial charge is 0.300 e. The molecule has 13 N–H and O–H groups in total. The Labute approximate surface area is 73.8 Å². The highest BCUT2D eigenvalue weighted by atomic mass is 27.0. The Morgan fingerprint density at radius 3 is 0.909 bits per heavy atom. The maximum absolute atomic E-state index is 9.00. The number of carbonyl (C=O) groups is 1. The average Bonchev–Trinajstić information content (AvgIpc) is 0.811. The summed E-state index contributed by atoms with van der Waals surface area (Å²) in [7, 11) is 0. The summed E-state index contributed by atoms with van der Waals surface area (Å²) in [5.41, 5.74) is 0. The van der Waals surface area contributed by atoms with Crippen molar-refractivity contribution in [2.75, 3.05) is 0 Å². The van der Waals surface area contributed by atoms with E-state index < -0.39 is 5.97 Å². The lowest BCUT2D eigenvalue weighted by molar-refractivity contribution is -0.134. The Morgan fingerprint density at radius 1 is 0.909 bits per heavy atom. The zero-order valence-electron chi connectivity index (χ0n) is 5.36. The SMILES string of the molecule is CC(=O)O.O.O.O.O.O.O.[AlH3]. The van der Waals surface area contributed by atoms with E-state index in [1.54, 1.807) is 0 Å². The van der Waals surface area contributed by atoms with Gasteiger partial charge in [0.25, 0.3) is 5.97 Å². The van der Waals surface area contributed by atoms with Gasteiger partial charge in [0, 0.05) is 6.92 Å². The van der Waals surface area contributed by atoms with Crippen molar-refractivity contribution in [3.8, 4) is 0 Å². The highest BCUT2D eigenvalue weighted by Gasteiger charge is 1.65. The first kappa shape index (κ1) is 134. The molecule has 0 aromatic carbocycles. The molecule has 0 aromatic rings. The first-order valence-corrected chi connectivity index (χ1v) is 0.928. The van der Waals surface area contributed by atoms with E-state index in [1.807, 2.05) is 0 Å². The van der Waals surface area contributed by atoms with Crippen molar-refractivity contribution in [3.63, 3.8) is 0 Å². The van der Waals surface area contributed by atoms with Gasteiger partial charge in [-0.3, -0.25) is 4.79 Å². The second-order valence-electron chi connectivity index (χ2n) is 0.519. The minimum Gasteiger partial charge on any atom is -0.481 e. The minimum absolute atomic E-state index is 0. The van der Waals surface area contributed by atoms with Gasteiger partial charge in [-0.2, -0.15) is 0 Å². The lowest BCUT2D eigenvalue weighted by Gasteiger charge is -1.59. The van der Waals surface area contributed by atoms with Crippen molar-refractivity contribution in [3.05, 3.63) is 0 Å². The summed E-state index contributed by atoms with van der Waals surface area (Å²) in [6.45, 7) is 1.08. The summed E-state index contributed by atoms with van der Waals surface area (Å²) in [6, 6.07) is 0. The Balaban J connectivity index is -0.00000000214. The topological polar surface area (TPSA) is 226 Å². The van der Waals surface area contributed by atoms with Crippen LogP contribution < -0.4 is 0 Å². The van der Waals surface area contributed by atoms with E-state index in [4.69, 9.17) is 9.90 Å². The number of carboxylic acid groups (broad SMARTS) is 1. The van der Waals surface area contributed by atoms with Crippen LogP contribution in [0.25, 0.3) is 0 Å². The molecule has 0 aromatic heterocycles. The molecule has 0 fully saturated rings. The Kier molecular flexibility index (Phi) is 1200. The maximum atomic E-state index is 9.00. The Morgan fingerprint density at radius 2 is 0.909 bits per heavy atom. The molecule has 0 saturated carbocycles. The van der Waals surface area contributed by atoms with Gasteiger partial charge in [-0.1, -0.05) is 0 Å². The van der Waals surface area contributed by atoms with Crippen molar-refractivity contribution >= 4 is 23.3 Å². The number of aliphatic carboxylic acids is 1. The molecule has 0 saturated heterocycles. The summed E-state index contributed by atoms with van der Waals surface area (Å²) in [5.74, 6) is -0.833. The van der Waals surface area contributed by atoms with E-state index in [0.29, 0.717) is 0 Å². The van der Waals surface area contributed by atoms with Crippen LogP contribution in [0, 0.1) is 0 Å². The van der Waals surface area contributed by atoms with E-state index >= 15 is 0 Å². The highest BCUT2D eigenvalue weighted by molar-refractivity contribution is 5.75. The lowest BCUT2D eigenvalue weighted by Crippen LogP contribution is -1.78. The molecule has 0 spiro atoms. The number of carboxylic acids is 1. The van der Waals surface area contributed by atoms with Gasteiger partial charge in [0.2, 0.25) is 0 Å². The average molecular weight is 198 g/mol. The molecule has 11 heavy (non-hydrogen) atoms. The van der Waals surface area contributed by atoms with Gasteiger partial charge < -0.3 is 38.0 Å². The van der Waals surface area contributed by atoms with E-state index in [-0.39, 0.29) is 50.2 Å². The largest absolute Gasteiger partial charge is 0.481 e. The number of hydrogen-bond acceptors (Lipinski definition) is 1. The van der Waals surface area contributed by atoms with Gasteiger partial charge in [0.15, 0.2) is 17.4 Å². The fourth-order valence-electron chi connectivity index (χ4n) is 0. The van der Waals surface area contributed by atoms with E-state index in [2.05, 4.69) is 0 Å². The van der Waals surface area contributed by atoms with Crippen LogP contribution in [0.5, 0.6) is 0 Å². The van der Waals surface area contributed by atoms with E-state index in [9.17, 15) is 0 Å². The molecule has 0 aliphatic heterocycles. The normalized spacial score (nSPS) is 2.27. The van der Waals surface area contributed by atoms with Crippen LogP contribution in [-0.2, 0) is 4.79 Å². The molecular weight excluding hydrogens is 179 g/mol. The lowest BCUT2D eigenvalue weighted by atomic mass is 10.9. The third-order valence-corrected chi connectivity index (χ3v) is 0. The van der Waals surface area contributed by atoms with E-state index in [1.165, 1.54) is 0 Å². The molecule has 78 valence electrons. The van der Waals surface area contributed by atoms with Crippen molar-refractivity contribution < 1.29 is 42.8 Å². The van der Waals surface area contributed by atoms with Crippen LogP contribution in [0.15, 0.2) is 0 Å². The molecule has 0 aliphatic carbocycles. The number of rotatable bonds is 0. The quantitative estimate of drug-likeness (QED) is 0.374. The van der Waals surface area contributed by atoms with Gasteiger partial charge in [-0.05, 0) is 0 Å². The van der Waals surface area contributed by atoms with Crippen molar-refractivity contribution in [1.82, 2.24) is 0 Å². The molecular formula is C2H19AlO8. The monoisotopic (exact) mass is 198 g/mol. The Hall–Kier alpha value is -0.238. The zero-order chi connectivity index (χ0) is 3.58. The maximum Gasteiger partial charge on any atom is 0.300 e. The summed E-state index contributed by atoms with van der Waals surface area (Å²) >= 11 is 0. The van der Waals surface area contributed by atoms with Crippen LogP contribution >= 0.6 is 0 Å². The van der Waals surface area contributed by atoms with Gasteiger partial charge in [0.05, 0.1) is 0 Å². The van der Waals surface area contributed by atoms with Crippen LogP contribution in [0.3, 0.4) is 0 Å². The molecule has 0 unspecified atom stereocenters. The molecule has 0 rings (SSSR count). The minimum atomic E-state index is -0.833. The molecule has 0 aliphatic rings. The summed E-state index contributed by atoms with van der Waals surface area (Å²) < 4.78 is 0. The van der Waals surface area contributed by atoms with Crippen LogP contribution in [-0.4, -0.2) is 61.3 Å². The first-order chi connectivity index (χ1) is 1.73. The summed E-state index contributed by atoms with van der Waals surface area (Å²) in [4.78, 5) is 9.00. The standard InChI is InChI=1S/C2H4O2.Al.6H2O.3H/c1-2(3)4;;;;;;;;;;/h1H3,(H,3,4);;6*1H2;;;. The van der Waals surface area contributed by atoms with Crippen LogP contribution in [0.2, 0.25) is 0 Å². The van der Waals surface area contributed by atoms with Crippen LogP contribution in [0.1, 0.15) is 6.92 Å². The molecule has 9 heteroatoms. The van der Waals surface area contributed by atoms with Crippen molar-refractivity contribution in [2.24, 2.45) is 0 Å². The van der Waals surface area contributed by atoms with Gasteiger partial charge in [-0.25, -0.2) is 0 Å².